The van der Waals surface area contributed by atoms with Crippen LogP contribution in [0.1, 0.15) is 19.4 Å². The second kappa shape index (κ2) is 7.86. The Balaban J connectivity index is 2.47. The third kappa shape index (κ3) is 5.18. The Labute approximate surface area is 116 Å². The molecular weight excluding hydrogens is 270 g/mol. The van der Waals surface area contributed by atoms with Crippen molar-refractivity contribution in [3.63, 3.8) is 0 Å². The van der Waals surface area contributed by atoms with Gasteiger partial charge in [0, 0.05) is 37.4 Å². The quantitative estimate of drug-likeness (QED) is 0.454. The number of hydrogen-bond acceptors (Lipinski definition) is 4. The van der Waals surface area contributed by atoms with E-state index in [9.17, 15) is 18.9 Å². The number of ether oxygens (including phenoxy) is 1. The van der Waals surface area contributed by atoms with Crippen molar-refractivity contribution in [2.24, 2.45) is 5.92 Å². The molecule has 1 aromatic rings. The Morgan fingerprint density at radius 1 is 1.35 bits per heavy atom. The van der Waals surface area contributed by atoms with Crippen LogP contribution in [0, 0.1) is 27.7 Å². The van der Waals surface area contributed by atoms with Crippen LogP contribution >= 0.6 is 0 Å². The second-order valence-corrected chi connectivity index (χ2v) is 4.80. The van der Waals surface area contributed by atoms with Gasteiger partial charge >= 0.3 is 5.69 Å². The van der Waals surface area contributed by atoms with Crippen LogP contribution in [0.25, 0.3) is 0 Å². The van der Waals surface area contributed by atoms with E-state index in [1.54, 1.807) is 0 Å². The number of halogens is 2. The van der Waals surface area contributed by atoms with Gasteiger partial charge in [-0.3, -0.25) is 10.1 Å². The lowest BCUT2D eigenvalue weighted by Gasteiger charge is -2.08. The van der Waals surface area contributed by atoms with E-state index in [4.69, 9.17) is 4.74 Å². The molecule has 0 aliphatic carbocycles. The molecule has 1 N–H and O–H groups in total. The van der Waals surface area contributed by atoms with E-state index in [0.29, 0.717) is 31.7 Å². The number of nitro benzene ring substituents is 1. The molecular formula is C13H18F2N2O3. The van der Waals surface area contributed by atoms with Crippen LogP contribution in [0.4, 0.5) is 14.5 Å². The fourth-order valence-corrected chi connectivity index (χ4v) is 1.54. The first kappa shape index (κ1) is 16.5. The summed E-state index contributed by atoms with van der Waals surface area (Å²) >= 11 is 0. The van der Waals surface area contributed by atoms with Crippen LogP contribution in [0.2, 0.25) is 0 Å². The van der Waals surface area contributed by atoms with E-state index < -0.39 is 22.2 Å². The Kier molecular flexibility index (Phi) is 6.47. The van der Waals surface area contributed by atoms with Gasteiger partial charge in [-0.25, -0.2) is 4.39 Å². The van der Waals surface area contributed by atoms with Gasteiger partial charge in [0.2, 0.25) is 5.82 Å². The van der Waals surface area contributed by atoms with Crippen LogP contribution in [-0.2, 0) is 11.3 Å². The van der Waals surface area contributed by atoms with Gasteiger partial charge in [0.15, 0.2) is 0 Å². The predicted molar refractivity (Wildman–Crippen MR) is 70.4 cm³/mol. The zero-order chi connectivity index (χ0) is 15.1. The Morgan fingerprint density at radius 2 is 2.05 bits per heavy atom. The minimum Gasteiger partial charge on any atom is -0.380 e. The van der Waals surface area contributed by atoms with Crippen LogP contribution in [0.3, 0.4) is 0 Å². The van der Waals surface area contributed by atoms with Crippen molar-refractivity contribution in [2.75, 3.05) is 19.8 Å². The maximum absolute atomic E-state index is 13.4. The highest BCUT2D eigenvalue weighted by Crippen LogP contribution is 2.21. The molecule has 0 aliphatic heterocycles. The minimum absolute atomic E-state index is 0.0574. The van der Waals surface area contributed by atoms with Crippen molar-refractivity contribution in [1.82, 2.24) is 5.32 Å². The largest absolute Gasteiger partial charge is 0.380 e. The Bertz CT molecular complexity index is 467. The molecule has 0 unspecified atom stereocenters. The van der Waals surface area contributed by atoms with Crippen molar-refractivity contribution >= 4 is 5.69 Å². The van der Waals surface area contributed by atoms with Crippen LogP contribution in [0.15, 0.2) is 12.1 Å². The van der Waals surface area contributed by atoms with Crippen LogP contribution < -0.4 is 5.32 Å². The Morgan fingerprint density at radius 3 is 2.65 bits per heavy atom. The molecule has 0 saturated carbocycles. The normalized spacial score (nSPS) is 11.1. The van der Waals surface area contributed by atoms with Gasteiger partial charge in [-0.2, -0.15) is 4.39 Å². The van der Waals surface area contributed by atoms with E-state index in [0.717, 1.165) is 6.07 Å². The smallest absolute Gasteiger partial charge is 0.305 e. The minimum atomic E-state index is -1.17. The summed E-state index contributed by atoms with van der Waals surface area (Å²) in [6.07, 6.45) is 0. The highest BCUT2D eigenvalue weighted by molar-refractivity contribution is 5.37. The summed E-state index contributed by atoms with van der Waals surface area (Å²) in [6, 6.07) is 1.44. The molecule has 0 aliphatic rings. The zero-order valence-electron chi connectivity index (χ0n) is 11.5. The standard InChI is InChI=1S/C13H18F2N2O3/c1-9(2)8-20-4-3-16-7-10-5-13(17(18)19)12(15)6-11(10)14/h5-6,9,16H,3-4,7-8H2,1-2H3. The number of nitro groups is 1. The highest BCUT2D eigenvalue weighted by atomic mass is 19.1. The van der Waals surface area contributed by atoms with Gasteiger partial charge in [0.05, 0.1) is 11.5 Å². The van der Waals surface area contributed by atoms with Gasteiger partial charge in [-0.15, -0.1) is 0 Å². The van der Waals surface area contributed by atoms with Gasteiger partial charge < -0.3 is 10.1 Å². The van der Waals surface area contributed by atoms with E-state index in [1.165, 1.54) is 0 Å². The van der Waals surface area contributed by atoms with E-state index in [-0.39, 0.29) is 12.1 Å². The molecule has 0 bridgehead atoms. The average Bonchev–Trinajstić information content (AvgIpc) is 2.34. The lowest BCUT2D eigenvalue weighted by molar-refractivity contribution is -0.387. The second-order valence-electron chi connectivity index (χ2n) is 4.80. The molecule has 20 heavy (non-hydrogen) atoms. The summed E-state index contributed by atoms with van der Waals surface area (Å²) in [6.45, 7) is 5.72. The molecule has 0 atom stereocenters. The molecule has 0 fully saturated rings. The molecule has 0 spiro atoms. The Hall–Kier alpha value is -1.60. The predicted octanol–water partition coefficient (Wildman–Crippen LogP) is 2.64. The average molecular weight is 288 g/mol. The molecule has 1 aromatic carbocycles. The summed E-state index contributed by atoms with van der Waals surface area (Å²) in [5, 5.41) is 13.5. The number of rotatable bonds is 8. The molecule has 0 aromatic heterocycles. The molecule has 0 heterocycles. The van der Waals surface area contributed by atoms with Crippen LogP contribution in [0.5, 0.6) is 0 Å². The topological polar surface area (TPSA) is 64.4 Å². The zero-order valence-corrected chi connectivity index (χ0v) is 11.5. The first-order chi connectivity index (χ1) is 9.41. The fourth-order valence-electron chi connectivity index (χ4n) is 1.54. The summed E-state index contributed by atoms with van der Waals surface area (Å²) in [4.78, 5) is 9.70. The molecule has 1 rings (SSSR count). The number of nitrogens with one attached hydrogen (secondary N) is 1. The van der Waals surface area contributed by atoms with E-state index in [2.05, 4.69) is 5.32 Å². The van der Waals surface area contributed by atoms with Crippen molar-refractivity contribution in [2.45, 2.75) is 20.4 Å². The van der Waals surface area contributed by atoms with Crippen LogP contribution in [-0.4, -0.2) is 24.7 Å². The molecule has 5 nitrogen and oxygen atoms in total. The lowest BCUT2D eigenvalue weighted by Crippen LogP contribution is -2.21. The number of hydrogen-bond donors (Lipinski definition) is 1. The lowest BCUT2D eigenvalue weighted by atomic mass is 10.2. The fraction of sp³-hybridized carbons (Fsp3) is 0.538. The maximum atomic E-state index is 13.4. The van der Waals surface area contributed by atoms with Crippen molar-refractivity contribution in [1.29, 1.82) is 0 Å². The van der Waals surface area contributed by atoms with E-state index >= 15 is 0 Å². The summed E-state index contributed by atoms with van der Waals surface area (Å²) < 4.78 is 31.9. The van der Waals surface area contributed by atoms with Crippen molar-refractivity contribution in [3.8, 4) is 0 Å². The summed E-state index contributed by atoms with van der Waals surface area (Å²) in [7, 11) is 0. The maximum Gasteiger partial charge on any atom is 0.305 e. The number of nitrogens with zero attached hydrogens (tertiary/aromatic N) is 1. The van der Waals surface area contributed by atoms with Crippen molar-refractivity contribution in [3.05, 3.63) is 39.4 Å². The molecule has 0 saturated heterocycles. The van der Waals surface area contributed by atoms with Crippen molar-refractivity contribution < 1.29 is 18.4 Å². The number of benzene rings is 1. The van der Waals surface area contributed by atoms with E-state index in [1.807, 2.05) is 13.8 Å². The first-order valence-corrected chi connectivity index (χ1v) is 6.32. The highest BCUT2D eigenvalue weighted by Gasteiger charge is 2.18. The SMILES string of the molecule is CC(C)COCCNCc1cc([N+](=O)[O-])c(F)cc1F. The molecule has 0 amide bonds. The molecule has 112 valence electrons. The summed E-state index contributed by atoms with van der Waals surface area (Å²) in [5.41, 5.74) is -0.666. The monoisotopic (exact) mass is 288 g/mol. The van der Waals surface area contributed by atoms with Gasteiger partial charge in [0.25, 0.3) is 0 Å². The molecule has 0 radical (unpaired) electrons. The third-order valence-corrected chi connectivity index (χ3v) is 2.50. The van der Waals surface area contributed by atoms with Gasteiger partial charge in [-0.05, 0) is 5.92 Å². The van der Waals surface area contributed by atoms with Gasteiger partial charge in [0.1, 0.15) is 5.82 Å². The first-order valence-electron chi connectivity index (χ1n) is 6.32. The van der Waals surface area contributed by atoms with Gasteiger partial charge in [-0.1, -0.05) is 13.8 Å². The summed E-state index contributed by atoms with van der Waals surface area (Å²) in [5.74, 6) is -1.53. The third-order valence-electron chi connectivity index (χ3n) is 2.50. The molecule has 7 heteroatoms.